The van der Waals surface area contributed by atoms with E-state index in [1.807, 2.05) is 18.7 Å². The van der Waals surface area contributed by atoms with Crippen molar-refractivity contribution < 1.29 is 14.6 Å². The van der Waals surface area contributed by atoms with Gasteiger partial charge in [0, 0.05) is 18.5 Å². The summed E-state index contributed by atoms with van der Waals surface area (Å²) in [5, 5.41) is 9.62. The van der Waals surface area contributed by atoms with Gasteiger partial charge in [0.25, 0.3) is 0 Å². The topological polar surface area (TPSA) is 49.8 Å². The van der Waals surface area contributed by atoms with Crippen molar-refractivity contribution >= 4 is 5.91 Å². The van der Waals surface area contributed by atoms with E-state index in [0.717, 1.165) is 32.2 Å². The number of hydrogen-bond acceptors (Lipinski definition) is 3. The van der Waals surface area contributed by atoms with Crippen molar-refractivity contribution in [3.8, 4) is 0 Å². The monoisotopic (exact) mass is 257 g/mol. The van der Waals surface area contributed by atoms with Crippen molar-refractivity contribution in [3.05, 3.63) is 0 Å². The molecule has 0 aromatic heterocycles. The van der Waals surface area contributed by atoms with Crippen LogP contribution in [0.2, 0.25) is 0 Å². The number of ether oxygens (including phenoxy) is 1. The molecule has 18 heavy (non-hydrogen) atoms. The SMILES string of the molecule is CCCC1(CO)CCCN(C(=O)COC(C)C)C1. The first kappa shape index (κ1) is 15.4. The lowest BCUT2D eigenvalue weighted by Crippen LogP contribution is -2.49. The maximum Gasteiger partial charge on any atom is 0.248 e. The van der Waals surface area contributed by atoms with Crippen molar-refractivity contribution in [2.45, 2.75) is 52.6 Å². The number of aliphatic hydroxyl groups excluding tert-OH is 1. The third-order valence-corrected chi connectivity index (χ3v) is 3.67. The molecule has 1 aliphatic heterocycles. The van der Waals surface area contributed by atoms with E-state index in [-0.39, 0.29) is 30.6 Å². The van der Waals surface area contributed by atoms with Crippen LogP contribution in [0.1, 0.15) is 46.5 Å². The highest BCUT2D eigenvalue weighted by Gasteiger charge is 2.35. The van der Waals surface area contributed by atoms with Crippen LogP contribution in [0.5, 0.6) is 0 Å². The van der Waals surface area contributed by atoms with Crippen molar-refractivity contribution in [2.75, 3.05) is 26.3 Å². The van der Waals surface area contributed by atoms with Gasteiger partial charge in [-0.2, -0.15) is 0 Å². The molecule has 0 saturated carbocycles. The zero-order valence-electron chi connectivity index (χ0n) is 11.9. The highest BCUT2D eigenvalue weighted by Crippen LogP contribution is 2.34. The lowest BCUT2D eigenvalue weighted by molar-refractivity contribution is -0.142. The number of amides is 1. The smallest absolute Gasteiger partial charge is 0.248 e. The average Bonchev–Trinajstić information content (AvgIpc) is 2.36. The van der Waals surface area contributed by atoms with Gasteiger partial charge in [-0.05, 0) is 33.1 Å². The highest BCUT2D eigenvalue weighted by atomic mass is 16.5. The number of piperidine rings is 1. The molecule has 0 aliphatic carbocycles. The van der Waals surface area contributed by atoms with Gasteiger partial charge in [-0.1, -0.05) is 13.3 Å². The normalized spacial score (nSPS) is 24.6. The molecule has 1 heterocycles. The number of carbonyl (C=O) groups excluding carboxylic acids is 1. The Hall–Kier alpha value is -0.610. The van der Waals surface area contributed by atoms with Crippen molar-refractivity contribution in [1.29, 1.82) is 0 Å². The number of likely N-dealkylation sites (tertiary alicyclic amines) is 1. The third kappa shape index (κ3) is 4.25. The average molecular weight is 257 g/mol. The molecule has 0 aromatic carbocycles. The molecule has 0 spiro atoms. The summed E-state index contributed by atoms with van der Waals surface area (Å²) in [6, 6.07) is 0. The van der Waals surface area contributed by atoms with Gasteiger partial charge in [-0.25, -0.2) is 0 Å². The molecular formula is C14H27NO3. The molecule has 1 aliphatic rings. The van der Waals surface area contributed by atoms with E-state index in [4.69, 9.17) is 4.74 Å². The van der Waals surface area contributed by atoms with Gasteiger partial charge in [0.2, 0.25) is 5.91 Å². The molecule has 0 aromatic rings. The molecule has 106 valence electrons. The molecule has 1 atom stereocenters. The minimum absolute atomic E-state index is 0.0531. The summed E-state index contributed by atoms with van der Waals surface area (Å²) in [4.78, 5) is 13.9. The predicted octanol–water partition coefficient (Wildman–Crippen LogP) is 1.81. The molecule has 0 radical (unpaired) electrons. The molecule has 4 heteroatoms. The van der Waals surface area contributed by atoms with Crippen LogP contribution in [0.4, 0.5) is 0 Å². The zero-order valence-corrected chi connectivity index (χ0v) is 11.9. The van der Waals surface area contributed by atoms with Crippen LogP contribution in [-0.4, -0.2) is 48.3 Å². The van der Waals surface area contributed by atoms with Crippen LogP contribution < -0.4 is 0 Å². The predicted molar refractivity (Wildman–Crippen MR) is 71.3 cm³/mol. The molecule has 1 saturated heterocycles. The molecule has 1 N–H and O–H groups in total. The fourth-order valence-corrected chi connectivity index (χ4v) is 2.69. The molecule has 0 bridgehead atoms. The minimum Gasteiger partial charge on any atom is -0.396 e. The summed E-state index contributed by atoms with van der Waals surface area (Å²) in [5.74, 6) is 0.0531. The summed E-state index contributed by atoms with van der Waals surface area (Å²) < 4.78 is 5.36. The van der Waals surface area contributed by atoms with Crippen LogP contribution in [-0.2, 0) is 9.53 Å². The second-order valence-corrected chi connectivity index (χ2v) is 5.69. The number of hydrogen-bond donors (Lipinski definition) is 1. The highest BCUT2D eigenvalue weighted by molar-refractivity contribution is 5.77. The fraction of sp³-hybridized carbons (Fsp3) is 0.929. The standard InChI is InChI=1S/C14H27NO3/c1-4-6-14(11-16)7-5-8-15(10-14)13(17)9-18-12(2)3/h12,16H,4-11H2,1-3H3. The Morgan fingerprint density at radius 3 is 2.78 bits per heavy atom. The Morgan fingerprint density at radius 2 is 2.22 bits per heavy atom. The van der Waals surface area contributed by atoms with Crippen LogP contribution in [0, 0.1) is 5.41 Å². The molecule has 1 amide bonds. The Kier molecular flexibility index (Phi) is 6.09. The summed E-state index contributed by atoms with van der Waals surface area (Å²) in [6.45, 7) is 7.79. The minimum atomic E-state index is -0.0828. The van der Waals surface area contributed by atoms with Crippen molar-refractivity contribution in [1.82, 2.24) is 4.90 Å². The van der Waals surface area contributed by atoms with Crippen LogP contribution in [0.25, 0.3) is 0 Å². The van der Waals surface area contributed by atoms with Crippen LogP contribution in [0.15, 0.2) is 0 Å². The van der Waals surface area contributed by atoms with E-state index in [1.54, 1.807) is 0 Å². The van der Waals surface area contributed by atoms with Crippen molar-refractivity contribution in [3.63, 3.8) is 0 Å². The number of aliphatic hydroxyl groups is 1. The number of nitrogens with zero attached hydrogens (tertiary/aromatic N) is 1. The summed E-state index contributed by atoms with van der Waals surface area (Å²) in [6.07, 6.45) is 4.11. The van der Waals surface area contributed by atoms with Gasteiger partial charge in [0.1, 0.15) is 6.61 Å². The summed E-state index contributed by atoms with van der Waals surface area (Å²) >= 11 is 0. The Balaban J connectivity index is 2.54. The second kappa shape index (κ2) is 7.10. The first-order chi connectivity index (χ1) is 8.53. The number of rotatable bonds is 6. The molecule has 4 nitrogen and oxygen atoms in total. The van der Waals surface area contributed by atoms with Crippen LogP contribution in [0.3, 0.4) is 0 Å². The largest absolute Gasteiger partial charge is 0.396 e. The van der Waals surface area contributed by atoms with Crippen molar-refractivity contribution in [2.24, 2.45) is 5.41 Å². The van der Waals surface area contributed by atoms with Gasteiger partial charge in [-0.3, -0.25) is 4.79 Å². The maximum absolute atomic E-state index is 12.0. The maximum atomic E-state index is 12.0. The van der Waals surface area contributed by atoms with Gasteiger partial charge in [-0.15, -0.1) is 0 Å². The van der Waals surface area contributed by atoms with Crippen LogP contribution >= 0.6 is 0 Å². The second-order valence-electron chi connectivity index (χ2n) is 5.69. The summed E-state index contributed by atoms with van der Waals surface area (Å²) in [5.41, 5.74) is -0.0828. The lowest BCUT2D eigenvalue weighted by Gasteiger charge is -2.42. The first-order valence-corrected chi connectivity index (χ1v) is 7.03. The van der Waals surface area contributed by atoms with Gasteiger partial charge in [0.15, 0.2) is 0 Å². The van der Waals surface area contributed by atoms with E-state index in [2.05, 4.69) is 6.92 Å². The van der Waals surface area contributed by atoms with E-state index >= 15 is 0 Å². The summed E-state index contributed by atoms with van der Waals surface area (Å²) in [7, 11) is 0. The quantitative estimate of drug-likeness (QED) is 0.789. The molecule has 1 unspecified atom stereocenters. The van der Waals surface area contributed by atoms with E-state index < -0.39 is 0 Å². The first-order valence-electron chi connectivity index (χ1n) is 7.03. The van der Waals surface area contributed by atoms with E-state index in [9.17, 15) is 9.90 Å². The van der Waals surface area contributed by atoms with Gasteiger partial charge < -0.3 is 14.7 Å². The lowest BCUT2D eigenvalue weighted by atomic mass is 9.77. The Morgan fingerprint density at radius 1 is 1.50 bits per heavy atom. The molecular weight excluding hydrogens is 230 g/mol. The third-order valence-electron chi connectivity index (χ3n) is 3.67. The van der Waals surface area contributed by atoms with E-state index in [1.165, 1.54) is 0 Å². The number of carbonyl (C=O) groups is 1. The fourth-order valence-electron chi connectivity index (χ4n) is 2.69. The van der Waals surface area contributed by atoms with Gasteiger partial charge >= 0.3 is 0 Å². The van der Waals surface area contributed by atoms with Gasteiger partial charge in [0.05, 0.1) is 12.7 Å². The Bertz CT molecular complexity index is 264. The van der Waals surface area contributed by atoms with E-state index in [0.29, 0.717) is 6.54 Å². The molecule has 1 rings (SSSR count). The molecule has 1 fully saturated rings. The Labute approximate surface area is 110 Å². The zero-order chi connectivity index (χ0) is 13.6.